The molecule has 0 saturated carbocycles. The second kappa shape index (κ2) is 7.72. The molecule has 24 heavy (non-hydrogen) atoms. The van der Waals surface area contributed by atoms with E-state index in [-0.39, 0.29) is 17.0 Å². The zero-order valence-electron chi connectivity index (χ0n) is 13.4. The molecule has 0 amide bonds. The summed E-state index contributed by atoms with van der Waals surface area (Å²) in [6.07, 6.45) is 1.63. The molecule has 0 radical (unpaired) electrons. The Morgan fingerprint density at radius 1 is 1.25 bits per heavy atom. The molecule has 0 atom stereocenters. The molecule has 1 heterocycles. The van der Waals surface area contributed by atoms with Gasteiger partial charge in [0.15, 0.2) is 5.82 Å². The number of anilines is 2. The first-order valence-electron chi connectivity index (χ1n) is 7.17. The molecule has 1 aromatic carbocycles. The van der Waals surface area contributed by atoms with E-state index in [0.717, 1.165) is 5.69 Å². The molecule has 0 bridgehead atoms. The number of hydrogen-bond donors (Lipinski definition) is 2. The van der Waals surface area contributed by atoms with Gasteiger partial charge >= 0.3 is 0 Å². The van der Waals surface area contributed by atoms with E-state index in [1.165, 1.54) is 12.1 Å². The molecular formula is C15H18N6O2S. The highest BCUT2D eigenvalue weighted by Crippen LogP contribution is 2.14. The molecule has 9 heteroatoms. The van der Waals surface area contributed by atoms with Crippen molar-refractivity contribution in [3.63, 3.8) is 0 Å². The van der Waals surface area contributed by atoms with Crippen LogP contribution in [-0.2, 0) is 10.0 Å². The number of nitrogens with zero attached hydrogens (tertiary/aromatic N) is 4. The standard InChI is InChI=1S/C15H18N6O2S/c1-21(2)13-9-15(20-18-11-13)17-7-8-19-24(22,23)14-6-4-3-5-12(14)10-16/h3-6,9,11,19H,7-8H2,1-2H3,(H,17,20). The molecule has 8 nitrogen and oxygen atoms in total. The van der Waals surface area contributed by atoms with Crippen molar-refractivity contribution in [1.82, 2.24) is 14.9 Å². The number of aromatic nitrogens is 2. The van der Waals surface area contributed by atoms with E-state index in [1.807, 2.05) is 31.1 Å². The summed E-state index contributed by atoms with van der Waals surface area (Å²) < 4.78 is 26.9. The number of rotatable bonds is 7. The Morgan fingerprint density at radius 3 is 2.71 bits per heavy atom. The summed E-state index contributed by atoms with van der Waals surface area (Å²) >= 11 is 0. The predicted molar refractivity (Wildman–Crippen MR) is 91.2 cm³/mol. The molecule has 0 fully saturated rings. The van der Waals surface area contributed by atoms with Crippen molar-refractivity contribution in [3.8, 4) is 6.07 Å². The second-order valence-corrected chi connectivity index (χ2v) is 6.86. The largest absolute Gasteiger partial charge is 0.376 e. The Hall–Kier alpha value is -2.70. The molecule has 0 aliphatic rings. The highest BCUT2D eigenvalue weighted by atomic mass is 32.2. The quantitative estimate of drug-likeness (QED) is 0.713. The summed E-state index contributed by atoms with van der Waals surface area (Å²) in [6, 6.07) is 9.76. The van der Waals surface area contributed by atoms with Gasteiger partial charge < -0.3 is 10.2 Å². The van der Waals surface area contributed by atoms with Crippen molar-refractivity contribution < 1.29 is 8.42 Å². The van der Waals surface area contributed by atoms with Gasteiger partial charge in [-0.2, -0.15) is 10.4 Å². The minimum absolute atomic E-state index is 0.0260. The summed E-state index contributed by atoms with van der Waals surface area (Å²) in [5.74, 6) is 0.554. The van der Waals surface area contributed by atoms with Crippen molar-refractivity contribution in [2.75, 3.05) is 37.4 Å². The van der Waals surface area contributed by atoms with Crippen LogP contribution in [0.25, 0.3) is 0 Å². The summed E-state index contributed by atoms with van der Waals surface area (Å²) in [5, 5.41) is 19.8. The molecule has 0 spiro atoms. The van der Waals surface area contributed by atoms with Crippen molar-refractivity contribution in [2.45, 2.75) is 4.90 Å². The zero-order chi connectivity index (χ0) is 17.6. The van der Waals surface area contributed by atoms with Gasteiger partial charge in [-0.15, -0.1) is 5.10 Å². The lowest BCUT2D eigenvalue weighted by Crippen LogP contribution is -2.29. The third kappa shape index (κ3) is 4.41. The Balaban J connectivity index is 1.94. The summed E-state index contributed by atoms with van der Waals surface area (Å²) in [6.45, 7) is 0.482. The molecule has 0 aliphatic carbocycles. The van der Waals surface area contributed by atoms with Crippen LogP contribution in [0.2, 0.25) is 0 Å². The van der Waals surface area contributed by atoms with Crippen LogP contribution in [0.5, 0.6) is 0 Å². The highest BCUT2D eigenvalue weighted by Gasteiger charge is 2.17. The van der Waals surface area contributed by atoms with E-state index in [1.54, 1.807) is 18.3 Å². The molecule has 2 aromatic rings. The number of hydrogen-bond acceptors (Lipinski definition) is 7. The average Bonchev–Trinajstić information content (AvgIpc) is 2.59. The van der Waals surface area contributed by atoms with Crippen LogP contribution in [0.1, 0.15) is 5.56 Å². The number of sulfonamides is 1. The van der Waals surface area contributed by atoms with Crippen LogP contribution in [0.15, 0.2) is 41.4 Å². The Bertz CT molecular complexity index is 845. The van der Waals surface area contributed by atoms with Gasteiger partial charge in [-0.3, -0.25) is 0 Å². The van der Waals surface area contributed by atoms with Gasteiger partial charge in [0.1, 0.15) is 6.07 Å². The first-order chi connectivity index (χ1) is 11.4. The first kappa shape index (κ1) is 17.7. The maximum absolute atomic E-state index is 12.2. The third-order valence-electron chi connectivity index (χ3n) is 3.18. The van der Waals surface area contributed by atoms with Gasteiger partial charge in [-0.1, -0.05) is 12.1 Å². The van der Waals surface area contributed by atoms with Crippen molar-refractivity contribution in [2.24, 2.45) is 0 Å². The topological polar surface area (TPSA) is 111 Å². The molecule has 1 aromatic heterocycles. The summed E-state index contributed by atoms with van der Waals surface area (Å²) in [4.78, 5) is 1.86. The highest BCUT2D eigenvalue weighted by molar-refractivity contribution is 7.89. The SMILES string of the molecule is CN(C)c1cnnc(NCCNS(=O)(=O)c2ccccc2C#N)c1. The Labute approximate surface area is 141 Å². The zero-order valence-corrected chi connectivity index (χ0v) is 14.2. The van der Waals surface area contributed by atoms with E-state index in [0.29, 0.717) is 12.4 Å². The van der Waals surface area contributed by atoms with Crippen molar-refractivity contribution in [3.05, 3.63) is 42.1 Å². The molecule has 2 N–H and O–H groups in total. The lowest BCUT2D eigenvalue weighted by Gasteiger charge is -2.13. The predicted octanol–water partition coefficient (Wildman–Crippen LogP) is 0.805. The van der Waals surface area contributed by atoms with E-state index >= 15 is 0 Å². The summed E-state index contributed by atoms with van der Waals surface area (Å²) in [5.41, 5.74) is 0.999. The third-order valence-corrected chi connectivity index (χ3v) is 4.70. The van der Waals surface area contributed by atoms with Crippen LogP contribution in [0.4, 0.5) is 11.5 Å². The van der Waals surface area contributed by atoms with Crippen LogP contribution < -0.4 is 14.9 Å². The fourth-order valence-electron chi connectivity index (χ4n) is 1.93. The molecule has 0 unspecified atom stereocenters. The fraction of sp³-hybridized carbons (Fsp3) is 0.267. The Morgan fingerprint density at radius 2 is 2.00 bits per heavy atom. The second-order valence-electron chi connectivity index (χ2n) is 5.13. The normalized spacial score (nSPS) is 10.9. The van der Waals surface area contributed by atoms with Gasteiger partial charge in [0.05, 0.1) is 22.3 Å². The van der Waals surface area contributed by atoms with Crippen LogP contribution in [-0.4, -0.2) is 45.8 Å². The van der Waals surface area contributed by atoms with Gasteiger partial charge in [-0.05, 0) is 12.1 Å². The van der Waals surface area contributed by atoms with Crippen molar-refractivity contribution >= 4 is 21.5 Å². The smallest absolute Gasteiger partial charge is 0.241 e. The fourth-order valence-corrected chi connectivity index (χ4v) is 3.12. The van der Waals surface area contributed by atoms with Gasteiger partial charge in [-0.25, -0.2) is 13.1 Å². The van der Waals surface area contributed by atoms with Gasteiger partial charge in [0.2, 0.25) is 10.0 Å². The van der Waals surface area contributed by atoms with Gasteiger partial charge in [0, 0.05) is 33.3 Å². The maximum atomic E-state index is 12.2. The number of nitriles is 1. The Kier molecular flexibility index (Phi) is 5.68. The maximum Gasteiger partial charge on any atom is 0.241 e. The van der Waals surface area contributed by atoms with Crippen molar-refractivity contribution in [1.29, 1.82) is 5.26 Å². The number of nitrogens with one attached hydrogen (secondary N) is 2. The van der Waals surface area contributed by atoms with Crippen LogP contribution >= 0.6 is 0 Å². The lowest BCUT2D eigenvalue weighted by atomic mass is 10.2. The summed E-state index contributed by atoms with van der Waals surface area (Å²) in [7, 11) is 0.0450. The number of benzene rings is 1. The molecule has 0 saturated heterocycles. The average molecular weight is 346 g/mol. The molecule has 0 aliphatic heterocycles. The first-order valence-corrected chi connectivity index (χ1v) is 8.65. The van der Waals surface area contributed by atoms with Crippen LogP contribution in [0.3, 0.4) is 0 Å². The van der Waals surface area contributed by atoms with E-state index in [2.05, 4.69) is 20.2 Å². The van der Waals surface area contributed by atoms with E-state index in [4.69, 9.17) is 5.26 Å². The lowest BCUT2D eigenvalue weighted by molar-refractivity contribution is 0.582. The minimum Gasteiger partial charge on any atom is -0.376 e. The van der Waals surface area contributed by atoms with Gasteiger partial charge in [0.25, 0.3) is 0 Å². The minimum atomic E-state index is -3.74. The van der Waals surface area contributed by atoms with E-state index < -0.39 is 10.0 Å². The van der Waals surface area contributed by atoms with Crippen LogP contribution in [0, 0.1) is 11.3 Å². The monoisotopic (exact) mass is 346 g/mol. The molecule has 126 valence electrons. The molecular weight excluding hydrogens is 328 g/mol. The molecule has 2 rings (SSSR count). The van der Waals surface area contributed by atoms with E-state index in [9.17, 15) is 8.42 Å².